The molecule has 2 aromatic carbocycles. The standard InChI is InChI=1S/C16H16ClFN2O/c1-2-20(11-12-4-3-5-14(18)10-12)16(21)19-15-8-6-13(17)7-9-15/h3-10H,2,11H2,1H3,(H,19,21). The zero-order valence-electron chi connectivity index (χ0n) is 11.6. The Labute approximate surface area is 128 Å². The number of carbonyl (C=O) groups is 1. The molecular weight excluding hydrogens is 291 g/mol. The summed E-state index contributed by atoms with van der Waals surface area (Å²) in [4.78, 5) is 13.8. The molecule has 0 saturated heterocycles. The third kappa shape index (κ3) is 4.46. The Morgan fingerprint density at radius 3 is 2.57 bits per heavy atom. The van der Waals surface area contributed by atoms with Crippen molar-refractivity contribution in [3.63, 3.8) is 0 Å². The number of carbonyl (C=O) groups excluding carboxylic acids is 1. The number of urea groups is 1. The summed E-state index contributed by atoms with van der Waals surface area (Å²) in [5, 5.41) is 3.40. The maximum absolute atomic E-state index is 13.2. The first kappa shape index (κ1) is 15.3. The van der Waals surface area contributed by atoms with Gasteiger partial charge in [-0.05, 0) is 48.9 Å². The minimum absolute atomic E-state index is 0.232. The highest BCUT2D eigenvalue weighted by Gasteiger charge is 2.12. The molecule has 3 nitrogen and oxygen atoms in total. The fourth-order valence-electron chi connectivity index (χ4n) is 1.92. The van der Waals surface area contributed by atoms with Gasteiger partial charge in [0.15, 0.2) is 0 Å². The minimum Gasteiger partial charge on any atom is -0.320 e. The summed E-state index contributed by atoms with van der Waals surface area (Å²) < 4.78 is 13.2. The number of rotatable bonds is 4. The molecule has 110 valence electrons. The fraction of sp³-hybridized carbons (Fsp3) is 0.188. The largest absolute Gasteiger partial charge is 0.322 e. The second-order valence-corrected chi connectivity index (χ2v) is 5.02. The summed E-state index contributed by atoms with van der Waals surface area (Å²) in [6.07, 6.45) is 0. The van der Waals surface area contributed by atoms with Gasteiger partial charge in [0.1, 0.15) is 5.82 Å². The van der Waals surface area contributed by atoms with Crippen LogP contribution in [0, 0.1) is 5.82 Å². The molecule has 0 heterocycles. The number of hydrogen-bond acceptors (Lipinski definition) is 1. The highest BCUT2D eigenvalue weighted by atomic mass is 35.5. The lowest BCUT2D eigenvalue weighted by atomic mass is 10.2. The summed E-state index contributed by atoms with van der Waals surface area (Å²) in [5.74, 6) is -0.304. The third-order valence-electron chi connectivity index (χ3n) is 3.03. The van der Waals surface area contributed by atoms with Crippen molar-refractivity contribution in [3.8, 4) is 0 Å². The Hall–Kier alpha value is -2.07. The molecule has 21 heavy (non-hydrogen) atoms. The van der Waals surface area contributed by atoms with Crippen LogP contribution in [0.4, 0.5) is 14.9 Å². The van der Waals surface area contributed by atoms with Crippen molar-refractivity contribution in [2.75, 3.05) is 11.9 Å². The number of benzene rings is 2. The number of hydrogen-bond donors (Lipinski definition) is 1. The van der Waals surface area contributed by atoms with Crippen LogP contribution < -0.4 is 5.32 Å². The van der Waals surface area contributed by atoms with Gasteiger partial charge in [-0.25, -0.2) is 9.18 Å². The van der Waals surface area contributed by atoms with Crippen molar-refractivity contribution in [2.45, 2.75) is 13.5 Å². The summed E-state index contributed by atoms with van der Waals surface area (Å²) in [6, 6.07) is 12.9. The molecule has 0 aliphatic carbocycles. The van der Waals surface area contributed by atoms with Gasteiger partial charge in [-0.15, -0.1) is 0 Å². The highest BCUT2D eigenvalue weighted by molar-refractivity contribution is 6.30. The van der Waals surface area contributed by atoms with E-state index in [-0.39, 0.29) is 11.8 Å². The van der Waals surface area contributed by atoms with Gasteiger partial charge in [-0.2, -0.15) is 0 Å². The van der Waals surface area contributed by atoms with Gasteiger partial charge in [0, 0.05) is 23.8 Å². The van der Waals surface area contributed by atoms with Crippen molar-refractivity contribution in [1.82, 2.24) is 4.90 Å². The molecule has 2 aromatic rings. The highest BCUT2D eigenvalue weighted by Crippen LogP contribution is 2.15. The zero-order valence-corrected chi connectivity index (χ0v) is 12.4. The van der Waals surface area contributed by atoms with Gasteiger partial charge in [-0.3, -0.25) is 0 Å². The molecule has 0 aliphatic heterocycles. The van der Waals surface area contributed by atoms with E-state index in [4.69, 9.17) is 11.6 Å². The smallest absolute Gasteiger partial charge is 0.320 e. The second-order valence-electron chi connectivity index (χ2n) is 4.58. The molecule has 2 amide bonds. The maximum Gasteiger partial charge on any atom is 0.322 e. The molecular formula is C16H16ClFN2O. The Kier molecular flexibility index (Phi) is 5.17. The number of halogens is 2. The number of amides is 2. The monoisotopic (exact) mass is 306 g/mol. The molecule has 0 spiro atoms. The second kappa shape index (κ2) is 7.09. The van der Waals surface area contributed by atoms with Crippen LogP contribution in [0.1, 0.15) is 12.5 Å². The van der Waals surface area contributed by atoms with Crippen molar-refractivity contribution in [2.24, 2.45) is 0 Å². The van der Waals surface area contributed by atoms with Crippen LogP contribution in [0.2, 0.25) is 5.02 Å². The van der Waals surface area contributed by atoms with Crippen LogP contribution in [0.25, 0.3) is 0 Å². The van der Waals surface area contributed by atoms with Crippen LogP contribution in [0.15, 0.2) is 48.5 Å². The molecule has 0 bridgehead atoms. The van der Waals surface area contributed by atoms with E-state index in [1.165, 1.54) is 12.1 Å². The molecule has 0 fully saturated rings. The van der Waals surface area contributed by atoms with E-state index in [1.54, 1.807) is 41.3 Å². The molecule has 0 atom stereocenters. The van der Waals surface area contributed by atoms with Crippen molar-refractivity contribution < 1.29 is 9.18 Å². The predicted octanol–water partition coefficient (Wildman–Crippen LogP) is 4.53. The molecule has 0 aromatic heterocycles. The summed E-state index contributed by atoms with van der Waals surface area (Å²) in [5.41, 5.74) is 1.42. The van der Waals surface area contributed by atoms with Crippen LogP contribution in [-0.4, -0.2) is 17.5 Å². The first-order chi connectivity index (χ1) is 10.1. The lowest BCUT2D eigenvalue weighted by Crippen LogP contribution is -2.34. The average Bonchev–Trinajstić information content (AvgIpc) is 2.47. The number of nitrogens with one attached hydrogen (secondary N) is 1. The Morgan fingerprint density at radius 2 is 1.95 bits per heavy atom. The molecule has 0 saturated carbocycles. The van der Waals surface area contributed by atoms with E-state index in [2.05, 4.69) is 5.32 Å². The van der Waals surface area contributed by atoms with Gasteiger partial charge >= 0.3 is 6.03 Å². The van der Waals surface area contributed by atoms with Gasteiger partial charge < -0.3 is 10.2 Å². The zero-order chi connectivity index (χ0) is 15.2. The van der Waals surface area contributed by atoms with Crippen LogP contribution >= 0.6 is 11.6 Å². The summed E-state index contributed by atoms with van der Waals surface area (Å²) >= 11 is 5.80. The molecule has 5 heteroatoms. The fourth-order valence-corrected chi connectivity index (χ4v) is 2.04. The maximum atomic E-state index is 13.2. The van der Waals surface area contributed by atoms with E-state index in [0.29, 0.717) is 23.8 Å². The van der Waals surface area contributed by atoms with Crippen molar-refractivity contribution >= 4 is 23.3 Å². The summed E-state index contributed by atoms with van der Waals surface area (Å²) in [6.45, 7) is 2.75. The number of anilines is 1. The molecule has 0 aliphatic rings. The van der Waals surface area contributed by atoms with Crippen LogP contribution in [0.5, 0.6) is 0 Å². The molecule has 0 radical (unpaired) electrons. The van der Waals surface area contributed by atoms with Crippen molar-refractivity contribution in [1.29, 1.82) is 0 Å². The quantitative estimate of drug-likeness (QED) is 0.884. The molecule has 0 unspecified atom stereocenters. The Bertz CT molecular complexity index is 616. The Morgan fingerprint density at radius 1 is 1.24 bits per heavy atom. The van der Waals surface area contributed by atoms with E-state index < -0.39 is 0 Å². The van der Waals surface area contributed by atoms with E-state index in [0.717, 1.165) is 5.56 Å². The minimum atomic E-state index is -0.304. The van der Waals surface area contributed by atoms with Crippen molar-refractivity contribution in [3.05, 3.63) is 64.9 Å². The topological polar surface area (TPSA) is 32.3 Å². The number of nitrogens with zero attached hydrogens (tertiary/aromatic N) is 1. The van der Waals surface area contributed by atoms with E-state index >= 15 is 0 Å². The first-order valence-electron chi connectivity index (χ1n) is 6.64. The normalized spacial score (nSPS) is 10.2. The Balaban J connectivity index is 2.03. The van der Waals surface area contributed by atoms with Gasteiger partial charge in [0.05, 0.1) is 0 Å². The molecule has 1 N–H and O–H groups in total. The van der Waals surface area contributed by atoms with E-state index in [1.807, 2.05) is 6.92 Å². The summed E-state index contributed by atoms with van der Waals surface area (Å²) in [7, 11) is 0. The van der Waals surface area contributed by atoms with Crippen LogP contribution in [-0.2, 0) is 6.54 Å². The van der Waals surface area contributed by atoms with Gasteiger partial charge in [0.25, 0.3) is 0 Å². The third-order valence-corrected chi connectivity index (χ3v) is 3.28. The predicted molar refractivity (Wildman–Crippen MR) is 83.0 cm³/mol. The first-order valence-corrected chi connectivity index (χ1v) is 7.02. The SMILES string of the molecule is CCN(Cc1cccc(F)c1)C(=O)Nc1ccc(Cl)cc1. The lowest BCUT2D eigenvalue weighted by Gasteiger charge is -2.21. The lowest BCUT2D eigenvalue weighted by molar-refractivity contribution is 0.212. The van der Waals surface area contributed by atoms with Gasteiger partial charge in [-0.1, -0.05) is 23.7 Å². The van der Waals surface area contributed by atoms with Crippen LogP contribution in [0.3, 0.4) is 0 Å². The average molecular weight is 307 g/mol. The van der Waals surface area contributed by atoms with E-state index in [9.17, 15) is 9.18 Å². The van der Waals surface area contributed by atoms with Gasteiger partial charge in [0.2, 0.25) is 0 Å². The molecule has 2 rings (SSSR count).